The standard InChI is InChI=1S/C30H30N2O5/c1-5-15-30(16-6-2)27-17-22(19(3)31-37-20(4)33)9-13-25(27)26-14-10-23(18-28(26)30)29(34)21-7-11-24(12-8-21)32(35)36/h7-14,17-18H,5-6,15-16H2,1-4H3/b31-19+. The van der Waals surface area contributed by atoms with Crippen LogP contribution in [0.25, 0.3) is 11.1 Å². The van der Waals surface area contributed by atoms with Gasteiger partial charge in [0.05, 0.1) is 10.6 Å². The van der Waals surface area contributed by atoms with Crippen molar-refractivity contribution in [1.29, 1.82) is 0 Å². The molecule has 0 amide bonds. The molecule has 1 aliphatic carbocycles. The summed E-state index contributed by atoms with van der Waals surface area (Å²) in [5.41, 5.74) is 6.73. The van der Waals surface area contributed by atoms with Gasteiger partial charge in [0, 0.05) is 35.6 Å². The lowest BCUT2D eigenvalue weighted by atomic mass is 9.71. The highest BCUT2D eigenvalue weighted by Crippen LogP contribution is 2.54. The van der Waals surface area contributed by atoms with E-state index in [0.29, 0.717) is 16.8 Å². The van der Waals surface area contributed by atoms with Crippen LogP contribution in [-0.2, 0) is 15.0 Å². The molecule has 37 heavy (non-hydrogen) atoms. The van der Waals surface area contributed by atoms with Crippen LogP contribution < -0.4 is 0 Å². The van der Waals surface area contributed by atoms with Crippen molar-refractivity contribution in [3.63, 3.8) is 0 Å². The second kappa shape index (κ2) is 10.5. The fourth-order valence-corrected chi connectivity index (χ4v) is 5.47. The third kappa shape index (κ3) is 4.81. The average Bonchev–Trinajstić information content (AvgIpc) is 3.15. The molecule has 7 nitrogen and oxygen atoms in total. The molecule has 0 bridgehead atoms. The zero-order valence-corrected chi connectivity index (χ0v) is 21.5. The molecule has 0 aliphatic heterocycles. The van der Waals surface area contributed by atoms with Gasteiger partial charge in [0.1, 0.15) is 0 Å². The topological polar surface area (TPSA) is 98.9 Å². The van der Waals surface area contributed by atoms with Crippen LogP contribution in [0.5, 0.6) is 0 Å². The van der Waals surface area contributed by atoms with Gasteiger partial charge < -0.3 is 4.84 Å². The third-order valence-corrected chi connectivity index (χ3v) is 7.05. The lowest BCUT2D eigenvalue weighted by Crippen LogP contribution is -2.25. The average molecular weight is 499 g/mol. The molecule has 7 heteroatoms. The van der Waals surface area contributed by atoms with Gasteiger partial charge in [-0.25, -0.2) is 4.79 Å². The van der Waals surface area contributed by atoms with Crippen LogP contribution in [0.1, 0.15) is 86.0 Å². The van der Waals surface area contributed by atoms with Gasteiger partial charge >= 0.3 is 5.97 Å². The number of oxime groups is 1. The Hall–Kier alpha value is -4.13. The van der Waals surface area contributed by atoms with Crippen LogP contribution in [0, 0.1) is 10.1 Å². The summed E-state index contributed by atoms with van der Waals surface area (Å²) in [6, 6.07) is 17.8. The van der Waals surface area contributed by atoms with Gasteiger partial charge in [0.15, 0.2) is 5.78 Å². The maximum Gasteiger partial charge on any atom is 0.331 e. The maximum absolute atomic E-state index is 13.4. The van der Waals surface area contributed by atoms with Crippen molar-refractivity contribution in [3.8, 4) is 11.1 Å². The number of rotatable bonds is 9. The highest BCUT2D eigenvalue weighted by atomic mass is 16.7. The molecular weight excluding hydrogens is 468 g/mol. The quantitative estimate of drug-likeness (QED) is 0.104. The van der Waals surface area contributed by atoms with Gasteiger partial charge in [-0.2, -0.15) is 0 Å². The molecule has 0 atom stereocenters. The van der Waals surface area contributed by atoms with E-state index in [4.69, 9.17) is 4.84 Å². The van der Waals surface area contributed by atoms with Crippen molar-refractivity contribution >= 4 is 23.2 Å². The van der Waals surface area contributed by atoms with E-state index in [1.54, 1.807) is 0 Å². The van der Waals surface area contributed by atoms with E-state index in [1.165, 1.54) is 36.8 Å². The minimum atomic E-state index is -0.475. The molecule has 0 fully saturated rings. The molecule has 0 radical (unpaired) electrons. The molecule has 3 aromatic rings. The molecule has 0 heterocycles. The first kappa shape index (κ1) is 25.9. The Labute approximate surface area is 216 Å². The molecule has 3 aromatic carbocycles. The molecule has 4 rings (SSSR count). The summed E-state index contributed by atoms with van der Waals surface area (Å²) >= 11 is 0. The molecule has 0 saturated heterocycles. The molecule has 0 unspecified atom stereocenters. The van der Waals surface area contributed by atoms with Crippen molar-refractivity contribution in [2.24, 2.45) is 5.16 Å². The summed E-state index contributed by atoms with van der Waals surface area (Å²) < 4.78 is 0. The maximum atomic E-state index is 13.4. The molecule has 0 saturated carbocycles. The summed E-state index contributed by atoms with van der Waals surface area (Å²) in [4.78, 5) is 40.0. The first-order valence-electron chi connectivity index (χ1n) is 12.5. The Morgan fingerprint density at radius 3 is 1.86 bits per heavy atom. The predicted molar refractivity (Wildman–Crippen MR) is 143 cm³/mol. The number of nitrogens with zero attached hydrogens (tertiary/aromatic N) is 2. The van der Waals surface area contributed by atoms with E-state index in [0.717, 1.165) is 47.9 Å². The predicted octanol–water partition coefficient (Wildman–Crippen LogP) is 6.98. The normalized spacial score (nSPS) is 13.6. The van der Waals surface area contributed by atoms with Crippen LogP contribution in [0.15, 0.2) is 65.8 Å². The van der Waals surface area contributed by atoms with Crippen LogP contribution >= 0.6 is 0 Å². The molecule has 0 aromatic heterocycles. The summed E-state index contributed by atoms with van der Waals surface area (Å²) in [6.45, 7) is 7.46. The van der Waals surface area contributed by atoms with Gasteiger partial charge in [-0.1, -0.05) is 56.1 Å². The number of carbonyl (C=O) groups is 2. The van der Waals surface area contributed by atoms with E-state index in [1.807, 2.05) is 31.2 Å². The van der Waals surface area contributed by atoms with Crippen molar-refractivity contribution < 1.29 is 19.3 Å². The Morgan fingerprint density at radius 2 is 1.35 bits per heavy atom. The highest BCUT2D eigenvalue weighted by Gasteiger charge is 2.42. The number of hydrogen-bond acceptors (Lipinski definition) is 6. The zero-order valence-electron chi connectivity index (χ0n) is 21.5. The second-order valence-electron chi connectivity index (χ2n) is 9.50. The Balaban J connectivity index is 1.82. The van der Waals surface area contributed by atoms with Gasteiger partial charge in [-0.05, 0) is 71.8 Å². The van der Waals surface area contributed by atoms with Gasteiger partial charge in [-0.15, -0.1) is 0 Å². The van der Waals surface area contributed by atoms with Gasteiger partial charge in [0.25, 0.3) is 5.69 Å². The number of carbonyl (C=O) groups excluding carboxylic acids is 2. The number of non-ortho nitro benzene ring substituents is 1. The molecular formula is C30H30N2O5. The number of ketones is 1. The summed E-state index contributed by atoms with van der Waals surface area (Å²) in [7, 11) is 0. The largest absolute Gasteiger partial charge is 0.331 e. The number of hydrogen-bond donors (Lipinski definition) is 0. The number of fused-ring (bicyclic) bond motifs is 3. The first-order chi connectivity index (χ1) is 17.7. The van der Waals surface area contributed by atoms with Crippen LogP contribution in [-0.4, -0.2) is 22.4 Å². The zero-order chi connectivity index (χ0) is 26.7. The minimum absolute atomic E-state index is 0.0470. The van der Waals surface area contributed by atoms with Gasteiger partial charge in [-0.3, -0.25) is 14.9 Å². The fourth-order valence-electron chi connectivity index (χ4n) is 5.47. The van der Waals surface area contributed by atoms with Crippen LogP contribution in [0.3, 0.4) is 0 Å². The van der Waals surface area contributed by atoms with Crippen molar-refractivity contribution in [2.45, 2.75) is 58.8 Å². The molecule has 0 spiro atoms. The van der Waals surface area contributed by atoms with Gasteiger partial charge in [0.2, 0.25) is 0 Å². The molecule has 0 N–H and O–H groups in total. The Bertz CT molecular complexity index is 1400. The van der Waals surface area contributed by atoms with Crippen LogP contribution in [0.2, 0.25) is 0 Å². The Morgan fingerprint density at radius 1 is 0.838 bits per heavy atom. The van der Waals surface area contributed by atoms with Crippen molar-refractivity contribution in [3.05, 3.63) is 98.6 Å². The smallest absolute Gasteiger partial charge is 0.318 e. The number of nitro groups is 1. The summed E-state index contributed by atoms with van der Waals surface area (Å²) in [5.74, 6) is -0.634. The second-order valence-corrected chi connectivity index (χ2v) is 9.50. The monoisotopic (exact) mass is 498 g/mol. The summed E-state index contributed by atoms with van der Waals surface area (Å²) in [6.07, 6.45) is 3.76. The number of benzene rings is 3. The lowest BCUT2D eigenvalue weighted by Gasteiger charge is -2.32. The fraction of sp³-hybridized carbons (Fsp3) is 0.300. The SMILES string of the molecule is CCCC1(CCC)c2cc(C(=O)c3ccc([N+](=O)[O-])cc3)ccc2-c2ccc(/C(C)=N/OC(C)=O)cc21. The lowest BCUT2D eigenvalue weighted by molar-refractivity contribution is -0.384. The van der Waals surface area contributed by atoms with E-state index >= 15 is 0 Å². The van der Waals surface area contributed by atoms with E-state index in [9.17, 15) is 19.7 Å². The van der Waals surface area contributed by atoms with Crippen molar-refractivity contribution in [2.75, 3.05) is 0 Å². The van der Waals surface area contributed by atoms with E-state index in [2.05, 4.69) is 31.1 Å². The highest BCUT2D eigenvalue weighted by molar-refractivity contribution is 6.10. The summed E-state index contributed by atoms with van der Waals surface area (Å²) in [5, 5.41) is 15.0. The van der Waals surface area contributed by atoms with E-state index < -0.39 is 10.9 Å². The third-order valence-electron chi connectivity index (χ3n) is 7.05. The van der Waals surface area contributed by atoms with Crippen molar-refractivity contribution in [1.82, 2.24) is 0 Å². The number of nitro benzene ring substituents is 1. The Kier molecular flexibility index (Phi) is 7.34. The van der Waals surface area contributed by atoms with Crippen LogP contribution in [0.4, 0.5) is 5.69 Å². The molecule has 190 valence electrons. The minimum Gasteiger partial charge on any atom is -0.318 e. The molecule has 1 aliphatic rings. The first-order valence-corrected chi connectivity index (χ1v) is 12.5. The van der Waals surface area contributed by atoms with E-state index in [-0.39, 0.29) is 16.9 Å².